The molecule has 210 valence electrons. The van der Waals surface area contributed by atoms with Crippen LogP contribution in [0.2, 0.25) is 0 Å². The fourth-order valence-corrected chi connectivity index (χ4v) is 6.78. The van der Waals surface area contributed by atoms with Gasteiger partial charge in [-0.05, 0) is 55.5 Å². The number of sulfonamides is 2. The molecule has 0 fully saturated rings. The third-order valence-corrected chi connectivity index (χ3v) is 9.87. The summed E-state index contributed by atoms with van der Waals surface area (Å²) in [6.07, 6.45) is 0. The molecular formula is C27H33N3O7S2. The molecule has 12 heteroatoms. The molecule has 0 aliphatic heterocycles. The molecule has 0 atom stereocenters. The van der Waals surface area contributed by atoms with Crippen LogP contribution in [-0.2, 0) is 24.8 Å². The van der Waals surface area contributed by atoms with Crippen LogP contribution in [0.5, 0.6) is 11.5 Å². The van der Waals surface area contributed by atoms with Gasteiger partial charge < -0.3 is 14.8 Å². The molecule has 3 aromatic rings. The maximum atomic E-state index is 13.7. The standard InChI is InChI=1S/C27H33N3O7S2/c1-6-29(7-2)38(32,33)23-14-10-21(11-15-23)28-27(31)19-30(22-12-8-20(3)9-13-22)39(34,35)24-16-17-25(36-4)26(18-24)37-5/h8-18H,6-7,19H2,1-5H3,(H,28,31). The van der Waals surface area contributed by atoms with Crippen molar-refractivity contribution in [3.63, 3.8) is 0 Å². The van der Waals surface area contributed by atoms with Gasteiger partial charge in [-0.15, -0.1) is 0 Å². The average molecular weight is 576 g/mol. The molecule has 10 nitrogen and oxygen atoms in total. The Balaban J connectivity index is 1.90. The van der Waals surface area contributed by atoms with Crippen LogP contribution in [0, 0.1) is 6.92 Å². The molecule has 0 saturated heterocycles. The van der Waals surface area contributed by atoms with E-state index in [9.17, 15) is 21.6 Å². The van der Waals surface area contributed by atoms with E-state index in [4.69, 9.17) is 9.47 Å². The summed E-state index contributed by atoms with van der Waals surface area (Å²) in [5.41, 5.74) is 1.54. The van der Waals surface area contributed by atoms with Crippen LogP contribution >= 0.6 is 0 Å². The van der Waals surface area contributed by atoms with Crippen LogP contribution in [-0.4, -0.2) is 60.9 Å². The number of methoxy groups -OCH3 is 2. The number of anilines is 2. The van der Waals surface area contributed by atoms with Crippen LogP contribution < -0.4 is 19.1 Å². The second-order valence-electron chi connectivity index (χ2n) is 8.53. The fourth-order valence-electron chi connectivity index (χ4n) is 3.88. The van der Waals surface area contributed by atoms with Gasteiger partial charge in [0, 0.05) is 24.8 Å². The van der Waals surface area contributed by atoms with Crippen molar-refractivity contribution in [1.29, 1.82) is 0 Å². The van der Waals surface area contributed by atoms with E-state index in [0.29, 0.717) is 30.2 Å². The highest BCUT2D eigenvalue weighted by Gasteiger charge is 2.29. The van der Waals surface area contributed by atoms with Crippen molar-refractivity contribution < 1.29 is 31.1 Å². The highest BCUT2D eigenvalue weighted by atomic mass is 32.2. The summed E-state index contributed by atoms with van der Waals surface area (Å²) in [7, 11) is -5.01. The van der Waals surface area contributed by atoms with Gasteiger partial charge in [0.2, 0.25) is 15.9 Å². The van der Waals surface area contributed by atoms with E-state index >= 15 is 0 Å². The minimum atomic E-state index is -4.20. The summed E-state index contributed by atoms with van der Waals surface area (Å²) in [6, 6.07) is 16.7. The lowest BCUT2D eigenvalue weighted by atomic mass is 10.2. The summed E-state index contributed by atoms with van der Waals surface area (Å²) in [5.74, 6) is -0.0202. The smallest absolute Gasteiger partial charge is 0.264 e. The predicted octanol–water partition coefficient (Wildman–Crippen LogP) is 3.88. The lowest BCUT2D eigenvalue weighted by Crippen LogP contribution is -2.38. The van der Waals surface area contributed by atoms with Crippen molar-refractivity contribution in [2.24, 2.45) is 0 Å². The largest absolute Gasteiger partial charge is 0.493 e. The molecule has 0 saturated carbocycles. The Bertz CT molecular complexity index is 1500. The van der Waals surface area contributed by atoms with E-state index in [1.165, 1.54) is 61.0 Å². The zero-order chi connectivity index (χ0) is 28.8. The Hall–Kier alpha value is -3.61. The number of benzene rings is 3. The molecule has 0 aliphatic rings. The number of aryl methyl sites for hydroxylation is 1. The molecule has 0 spiro atoms. The number of amides is 1. The number of carbonyl (C=O) groups excluding carboxylic acids is 1. The molecular weight excluding hydrogens is 542 g/mol. The molecule has 1 amide bonds. The fraction of sp³-hybridized carbons (Fsp3) is 0.296. The number of rotatable bonds is 12. The van der Waals surface area contributed by atoms with Gasteiger partial charge in [-0.2, -0.15) is 4.31 Å². The SMILES string of the molecule is CCN(CC)S(=O)(=O)c1ccc(NC(=O)CN(c2ccc(C)cc2)S(=O)(=O)c2ccc(OC)c(OC)c2)cc1. The lowest BCUT2D eigenvalue weighted by Gasteiger charge is -2.24. The molecule has 0 radical (unpaired) electrons. The second-order valence-corrected chi connectivity index (χ2v) is 12.3. The number of ether oxygens (including phenoxy) is 2. The zero-order valence-corrected chi connectivity index (χ0v) is 24.2. The van der Waals surface area contributed by atoms with E-state index in [2.05, 4.69) is 5.32 Å². The topological polar surface area (TPSA) is 122 Å². The van der Waals surface area contributed by atoms with Gasteiger partial charge in [0.25, 0.3) is 10.0 Å². The predicted molar refractivity (Wildman–Crippen MR) is 150 cm³/mol. The maximum absolute atomic E-state index is 13.7. The normalized spacial score (nSPS) is 11.7. The van der Waals surface area contributed by atoms with E-state index in [0.717, 1.165) is 9.87 Å². The van der Waals surface area contributed by atoms with E-state index in [1.807, 2.05) is 6.92 Å². The minimum Gasteiger partial charge on any atom is -0.493 e. The van der Waals surface area contributed by atoms with Gasteiger partial charge in [-0.3, -0.25) is 9.10 Å². The first-order valence-electron chi connectivity index (χ1n) is 12.2. The van der Waals surface area contributed by atoms with Crippen LogP contribution in [0.1, 0.15) is 19.4 Å². The number of nitrogens with zero attached hydrogens (tertiary/aromatic N) is 2. The molecule has 0 unspecified atom stereocenters. The number of hydrogen-bond donors (Lipinski definition) is 1. The highest BCUT2D eigenvalue weighted by Crippen LogP contribution is 2.32. The van der Waals surface area contributed by atoms with Crippen LogP contribution in [0.15, 0.2) is 76.5 Å². The number of carbonyl (C=O) groups is 1. The van der Waals surface area contributed by atoms with Gasteiger partial charge in [0.05, 0.1) is 29.7 Å². The second kappa shape index (κ2) is 12.5. The first-order valence-corrected chi connectivity index (χ1v) is 15.1. The van der Waals surface area contributed by atoms with Gasteiger partial charge in [0.1, 0.15) is 6.54 Å². The van der Waals surface area contributed by atoms with Crippen LogP contribution in [0.4, 0.5) is 11.4 Å². The monoisotopic (exact) mass is 575 g/mol. The van der Waals surface area contributed by atoms with Crippen molar-refractivity contribution in [1.82, 2.24) is 4.31 Å². The highest BCUT2D eigenvalue weighted by molar-refractivity contribution is 7.92. The van der Waals surface area contributed by atoms with E-state index in [-0.39, 0.29) is 15.5 Å². The van der Waals surface area contributed by atoms with Crippen molar-refractivity contribution in [2.45, 2.75) is 30.6 Å². The Morgan fingerprint density at radius 2 is 1.33 bits per heavy atom. The Labute approximate surface area is 230 Å². The van der Waals surface area contributed by atoms with Crippen molar-refractivity contribution >= 4 is 37.3 Å². The van der Waals surface area contributed by atoms with Gasteiger partial charge in [-0.1, -0.05) is 31.5 Å². The third kappa shape index (κ3) is 6.70. The summed E-state index contributed by atoms with van der Waals surface area (Å²) < 4.78 is 65.7. The molecule has 0 aromatic heterocycles. The molecule has 39 heavy (non-hydrogen) atoms. The van der Waals surface area contributed by atoms with Crippen molar-refractivity contribution in [3.05, 3.63) is 72.3 Å². The van der Waals surface area contributed by atoms with Crippen LogP contribution in [0.25, 0.3) is 0 Å². The summed E-state index contributed by atoms with van der Waals surface area (Å²) >= 11 is 0. The number of nitrogens with one attached hydrogen (secondary N) is 1. The first-order chi connectivity index (χ1) is 18.5. The van der Waals surface area contributed by atoms with Gasteiger partial charge in [-0.25, -0.2) is 16.8 Å². The first kappa shape index (κ1) is 29.9. The Morgan fingerprint density at radius 1 is 0.769 bits per heavy atom. The van der Waals surface area contributed by atoms with Crippen molar-refractivity contribution in [3.8, 4) is 11.5 Å². The summed E-state index contributed by atoms with van der Waals surface area (Å²) in [6.45, 7) is 5.52. The van der Waals surface area contributed by atoms with E-state index in [1.54, 1.807) is 38.1 Å². The zero-order valence-electron chi connectivity index (χ0n) is 22.5. The van der Waals surface area contributed by atoms with Crippen LogP contribution in [0.3, 0.4) is 0 Å². The lowest BCUT2D eigenvalue weighted by molar-refractivity contribution is -0.114. The maximum Gasteiger partial charge on any atom is 0.264 e. The molecule has 3 aromatic carbocycles. The van der Waals surface area contributed by atoms with Gasteiger partial charge >= 0.3 is 0 Å². The molecule has 3 rings (SSSR count). The van der Waals surface area contributed by atoms with E-state index < -0.39 is 32.5 Å². The molecule has 1 N–H and O–H groups in total. The quantitative estimate of drug-likeness (QED) is 0.348. The van der Waals surface area contributed by atoms with Crippen molar-refractivity contribution in [2.75, 3.05) is 43.5 Å². The average Bonchev–Trinajstić information content (AvgIpc) is 2.92. The molecule has 0 bridgehead atoms. The summed E-state index contributed by atoms with van der Waals surface area (Å²) in [5, 5.41) is 2.66. The number of hydrogen-bond acceptors (Lipinski definition) is 7. The molecule has 0 heterocycles. The minimum absolute atomic E-state index is 0.0838. The third-order valence-electron chi connectivity index (χ3n) is 6.03. The summed E-state index contributed by atoms with van der Waals surface area (Å²) in [4.78, 5) is 13.1. The Kier molecular flexibility index (Phi) is 9.59. The Morgan fingerprint density at radius 3 is 1.87 bits per heavy atom. The molecule has 0 aliphatic carbocycles. The van der Waals surface area contributed by atoms with Gasteiger partial charge in [0.15, 0.2) is 11.5 Å².